The number of nitrogens with one attached hydrogen (secondary N) is 2. The average Bonchev–Trinajstić information content (AvgIpc) is 2.60. The van der Waals surface area contributed by atoms with Crippen LogP contribution in [-0.2, 0) is 4.79 Å². The maximum atomic E-state index is 11.9. The van der Waals surface area contributed by atoms with Gasteiger partial charge in [-0.15, -0.1) is 0 Å². The highest BCUT2D eigenvalue weighted by Gasteiger charge is 2.08. The Morgan fingerprint density at radius 2 is 1.65 bits per heavy atom. The molecule has 6 nitrogen and oxygen atoms in total. The fourth-order valence-electron chi connectivity index (χ4n) is 1.91. The molecule has 0 atom stereocenters. The molecule has 0 bridgehead atoms. The molecule has 2 amide bonds. The van der Waals surface area contributed by atoms with Crippen LogP contribution in [0.2, 0.25) is 0 Å². The first-order chi connectivity index (χ1) is 11.1. The molecule has 0 aliphatic rings. The van der Waals surface area contributed by atoms with E-state index in [-0.39, 0.29) is 18.4 Å². The van der Waals surface area contributed by atoms with Crippen LogP contribution in [0.4, 0.5) is 5.69 Å². The number of hydrogen-bond donors (Lipinski definition) is 2. The smallest absolute Gasteiger partial charge is 0.251 e. The lowest BCUT2D eigenvalue weighted by Gasteiger charge is -2.08. The van der Waals surface area contributed by atoms with E-state index in [2.05, 4.69) is 10.6 Å². The topological polar surface area (TPSA) is 76.7 Å². The van der Waals surface area contributed by atoms with Crippen molar-refractivity contribution in [3.8, 4) is 11.5 Å². The van der Waals surface area contributed by atoms with Crippen LogP contribution in [0, 0.1) is 0 Å². The lowest BCUT2D eigenvalue weighted by Crippen LogP contribution is -2.32. The van der Waals surface area contributed by atoms with Gasteiger partial charge in [0.25, 0.3) is 5.91 Å². The quantitative estimate of drug-likeness (QED) is 0.856. The molecule has 2 aromatic rings. The number of carbonyl (C=O) groups excluding carboxylic acids is 2. The summed E-state index contributed by atoms with van der Waals surface area (Å²) in [5.74, 6) is 0.663. The largest absolute Gasteiger partial charge is 0.497 e. The van der Waals surface area contributed by atoms with Gasteiger partial charge in [0.1, 0.15) is 11.5 Å². The highest BCUT2D eigenvalue weighted by Crippen LogP contribution is 2.16. The van der Waals surface area contributed by atoms with Crippen molar-refractivity contribution < 1.29 is 19.1 Å². The maximum Gasteiger partial charge on any atom is 0.251 e. The number of anilines is 1. The van der Waals surface area contributed by atoms with E-state index in [0.717, 1.165) is 0 Å². The molecule has 0 radical (unpaired) electrons. The molecule has 0 saturated carbocycles. The zero-order chi connectivity index (χ0) is 16.7. The number of amides is 2. The molecule has 2 aromatic carbocycles. The highest BCUT2D eigenvalue weighted by molar-refractivity contribution is 5.99. The molecule has 0 unspecified atom stereocenters. The van der Waals surface area contributed by atoms with Gasteiger partial charge in [-0.05, 0) is 36.4 Å². The van der Waals surface area contributed by atoms with Crippen LogP contribution in [0.5, 0.6) is 11.5 Å². The van der Waals surface area contributed by atoms with Gasteiger partial charge in [0, 0.05) is 17.3 Å². The second-order valence-electron chi connectivity index (χ2n) is 4.69. The molecule has 0 spiro atoms. The van der Waals surface area contributed by atoms with Crippen molar-refractivity contribution in [2.75, 3.05) is 26.1 Å². The first-order valence-corrected chi connectivity index (χ1v) is 6.98. The SMILES string of the molecule is COc1ccc(C(=O)NCC(=O)Nc2cccc(OC)c2)cc1. The van der Waals surface area contributed by atoms with Crippen molar-refractivity contribution in [1.29, 1.82) is 0 Å². The van der Waals surface area contributed by atoms with E-state index in [0.29, 0.717) is 22.7 Å². The van der Waals surface area contributed by atoms with Crippen LogP contribution < -0.4 is 20.1 Å². The Labute approximate surface area is 134 Å². The molecule has 2 N–H and O–H groups in total. The molecular formula is C17H18N2O4. The Morgan fingerprint density at radius 3 is 2.30 bits per heavy atom. The molecule has 0 aliphatic heterocycles. The van der Waals surface area contributed by atoms with Crippen molar-refractivity contribution in [1.82, 2.24) is 5.32 Å². The fourth-order valence-corrected chi connectivity index (χ4v) is 1.91. The molecule has 0 heterocycles. The van der Waals surface area contributed by atoms with Gasteiger partial charge >= 0.3 is 0 Å². The third-order valence-electron chi connectivity index (χ3n) is 3.12. The van der Waals surface area contributed by atoms with E-state index in [1.54, 1.807) is 62.8 Å². The van der Waals surface area contributed by atoms with Gasteiger partial charge in [0.2, 0.25) is 5.91 Å². The first-order valence-electron chi connectivity index (χ1n) is 6.98. The lowest BCUT2D eigenvalue weighted by molar-refractivity contribution is -0.115. The summed E-state index contributed by atoms with van der Waals surface area (Å²) in [7, 11) is 3.11. The summed E-state index contributed by atoms with van der Waals surface area (Å²) >= 11 is 0. The fraction of sp³-hybridized carbons (Fsp3) is 0.176. The van der Waals surface area contributed by atoms with Crippen LogP contribution in [-0.4, -0.2) is 32.6 Å². The molecular weight excluding hydrogens is 296 g/mol. The van der Waals surface area contributed by atoms with Gasteiger partial charge in [0.05, 0.1) is 20.8 Å². The first kappa shape index (κ1) is 16.4. The Morgan fingerprint density at radius 1 is 0.957 bits per heavy atom. The minimum Gasteiger partial charge on any atom is -0.497 e. The molecule has 120 valence electrons. The van der Waals surface area contributed by atoms with Crippen LogP contribution in [0.3, 0.4) is 0 Å². The lowest BCUT2D eigenvalue weighted by atomic mass is 10.2. The molecule has 0 saturated heterocycles. The minimum atomic E-state index is -0.326. The van der Waals surface area contributed by atoms with Crippen LogP contribution >= 0.6 is 0 Å². The van der Waals surface area contributed by atoms with Crippen molar-refractivity contribution in [2.45, 2.75) is 0 Å². The van der Waals surface area contributed by atoms with Crippen LogP contribution in [0.1, 0.15) is 10.4 Å². The summed E-state index contributed by atoms with van der Waals surface area (Å²) in [5.41, 5.74) is 1.06. The summed E-state index contributed by atoms with van der Waals surface area (Å²) in [6.45, 7) is -0.123. The number of benzene rings is 2. The van der Waals surface area contributed by atoms with Gasteiger partial charge in [-0.2, -0.15) is 0 Å². The van der Waals surface area contributed by atoms with Gasteiger partial charge < -0.3 is 20.1 Å². The Kier molecular flexibility index (Phi) is 5.57. The van der Waals surface area contributed by atoms with E-state index in [1.165, 1.54) is 0 Å². The van der Waals surface area contributed by atoms with E-state index in [4.69, 9.17) is 9.47 Å². The summed E-state index contributed by atoms with van der Waals surface area (Å²) in [5, 5.41) is 5.25. The number of rotatable bonds is 6. The van der Waals surface area contributed by atoms with Crippen molar-refractivity contribution >= 4 is 17.5 Å². The Hall–Kier alpha value is -3.02. The molecule has 6 heteroatoms. The number of carbonyl (C=O) groups is 2. The van der Waals surface area contributed by atoms with Gasteiger partial charge in [-0.1, -0.05) is 6.07 Å². The Bertz CT molecular complexity index is 683. The van der Waals surface area contributed by atoms with Crippen LogP contribution in [0.25, 0.3) is 0 Å². The van der Waals surface area contributed by atoms with E-state index in [1.807, 2.05) is 0 Å². The molecule has 2 rings (SSSR count). The predicted molar refractivity (Wildman–Crippen MR) is 87.0 cm³/mol. The zero-order valence-corrected chi connectivity index (χ0v) is 13.0. The molecule has 0 fully saturated rings. The summed E-state index contributed by atoms with van der Waals surface area (Å²) < 4.78 is 10.1. The molecule has 0 aromatic heterocycles. The average molecular weight is 314 g/mol. The number of hydrogen-bond acceptors (Lipinski definition) is 4. The van der Waals surface area contributed by atoms with Gasteiger partial charge in [-0.3, -0.25) is 9.59 Å². The third kappa shape index (κ3) is 4.74. The van der Waals surface area contributed by atoms with Crippen molar-refractivity contribution in [3.05, 3.63) is 54.1 Å². The monoisotopic (exact) mass is 314 g/mol. The number of methoxy groups -OCH3 is 2. The van der Waals surface area contributed by atoms with E-state index < -0.39 is 0 Å². The normalized spacial score (nSPS) is 9.83. The zero-order valence-electron chi connectivity index (χ0n) is 13.0. The Balaban J connectivity index is 1.86. The third-order valence-corrected chi connectivity index (χ3v) is 3.12. The highest BCUT2D eigenvalue weighted by atomic mass is 16.5. The van der Waals surface area contributed by atoms with Crippen molar-refractivity contribution in [2.24, 2.45) is 0 Å². The maximum absolute atomic E-state index is 11.9. The predicted octanol–water partition coefficient (Wildman–Crippen LogP) is 2.07. The molecule has 0 aliphatic carbocycles. The van der Waals surface area contributed by atoms with Crippen molar-refractivity contribution in [3.63, 3.8) is 0 Å². The summed E-state index contributed by atoms with van der Waals surface area (Å²) in [6.07, 6.45) is 0. The second kappa shape index (κ2) is 7.84. The number of ether oxygens (including phenoxy) is 2. The second-order valence-corrected chi connectivity index (χ2v) is 4.69. The van der Waals surface area contributed by atoms with E-state index >= 15 is 0 Å². The standard InChI is InChI=1S/C17H18N2O4/c1-22-14-8-6-12(7-9-14)17(21)18-11-16(20)19-13-4-3-5-15(10-13)23-2/h3-10H,11H2,1-2H3,(H,18,21)(H,19,20). The van der Waals surface area contributed by atoms with Gasteiger partial charge in [-0.25, -0.2) is 0 Å². The minimum absolute atomic E-state index is 0.123. The van der Waals surface area contributed by atoms with Gasteiger partial charge in [0.15, 0.2) is 0 Å². The summed E-state index contributed by atoms with van der Waals surface area (Å²) in [6, 6.07) is 13.6. The molecule has 23 heavy (non-hydrogen) atoms. The van der Waals surface area contributed by atoms with E-state index in [9.17, 15) is 9.59 Å². The van der Waals surface area contributed by atoms with Crippen LogP contribution in [0.15, 0.2) is 48.5 Å². The summed E-state index contributed by atoms with van der Waals surface area (Å²) in [4.78, 5) is 23.8.